The number of aromatic nitrogens is 4. The molecular weight excluding hydrogens is 304 g/mol. The zero-order chi connectivity index (χ0) is 16.7. The summed E-state index contributed by atoms with van der Waals surface area (Å²) in [6.45, 7) is 4.58. The first-order valence-corrected chi connectivity index (χ1v) is 7.95. The van der Waals surface area contributed by atoms with Crippen LogP contribution in [0.25, 0.3) is 5.65 Å². The predicted molar refractivity (Wildman–Crippen MR) is 91.1 cm³/mol. The van der Waals surface area contributed by atoms with Gasteiger partial charge in [0.25, 0.3) is 0 Å². The van der Waals surface area contributed by atoms with Crippen molar-refractivity contribution >= 4 is 23.1 Å². The third-order valence-electron chi connectivity index (χ3n) is 4.29. The Morgan fingerprint density at radius 2 is 1.88 bits per heavy atom. The van der Waals surface area contributed by atoms with Crippen LogP contribution in [-0.4, -0.2) is 38.3 Å². The van der Waals surface area contributed by atoms with Gasteiger partial charge in [0.1, 0.15) is 11.9 Å². The highest BCUT2D eigenvalue weighted by atomic mass is 16.2. The van der Waals surface area contributed by atoms with E-state index in [-0.39, 0.29) is 11.9 Å². The highest BCUT2D eigenvalue weighted by molar-refractivity contribution is 6.00. The minimum Gasteiger partial charge on any atom is -0.357 e. The summed E-state index contributed by atoms with van der Waals surface area (Å²) in [7, 11) is 0. The van der Waals surface area contributed by atoms with E-state index in [0.717, 1.165) is 12.1 Å². The topological polar surface area (TPSA) is 75.4 Å². The van der Waals surface area contributed by atoms with Gasteiger partial charge in [0.15, 0.2) is 11.5 Å². The number of carbonyl (C=O) groups is 1. The molecule has 0 spiro atoms. The fourth-order valence-electron chi connectivity index (χ4n) is 2.95. The Balaban J connectivity index is 1.53. The number of fused-ring (bicyclic) bond motifs is 1. The van der Waals surface area contributed by atoms with Gasteiger partial charge in [-0.25, -0.2) is 0 Å². The summed E-state index contributed by atoms with van der Waals surface area (Å²) < 4.78 is 1.67. The van der Waals surface area contributed by atoms with Crippen LogP contribution in [0.2, 0.25) is 0 Å². The lowest BCUT2D eigenvalue weighted by Crippen LogP contribution is -2.33. The van der Waals surface area contributed by atoms with E-state index in [2.05, 4.69) is 20.6 Å². The minimum atomic E-state index is -0.270. The molecular formula is C17H18N6O. The largest absolute Gasteiger partial charge is 0.357 e. The second-order valence-corrected chi connectivity index (χ2v) is 6.05. The molecule has 0 radical (unpaired) electrons. The molecule has 1 aromatic carbocycles. The van der Waals surface area contributed by atoms with Crippen LogP contribution in [0.15, 0.2) is 36.4 Å². The van der Waals surface area contributed by atoms with Crippen LogP contribution in [0.1, 0.15) is 17.8 Å². The molecule has 1 N–H and O–H groups in total. The Morgan fingerprint density at radius 1 is 1.08 bits per heavy atom. The first-order chi connectivity index (χ1) is 11.6. The van der Waals surface area contributed by atoms with Crippen molar-refractivity contribution in [2.45, 2.75) is 26.3 Å². The maximum atomic E-state index is 12.7. The zero-order valence-corrected chi connectivity index (χ0v) is 13.6. The fraction of sp³-hybridized carbons (Fsp3) is 0.294. The molecule has 1 aliphatic heterocycles. The summed E-state index contributed by atoms with van der Waals surface area (Å²) >= 11 is 0. The molecule has 1 atom stereocenters. The number of rotatable bonds is 3. The van der Waals surface area contributed by atoms with Crippen molar-refractivity contribution in [1.29, 1.82) is 0 Å². The van der Waals surface area contributed by atoms with Crippen LogP contribution in [-0.2, 0) is 4.79 Å². The van der Waals surface area contributed by atoms with Gasteiger partial charge in [-0.05, 0) is 44.5 Å². The van der Waals surface area contributed by atoms with E-state index in [1.807, 2.05) is 55.1 Å². The molecule has 1 fully saturated rings. The van der Waals surface area contributed by atoms with Crippen LogP contribution in [0.4, 0.5) is 11.5 Å². The average Bonchev–Trinajstić information content (AvgIpc) is 3.13. The van der Waals surface area contributed by atoms with Gasteiger partial charge in [0.2, 0.25) is 5.91 Å². The van der Waals surface area contributed by atoms with Gasteiger partial charge < -0.3 is 10.2 Å². The molecule has 4 rings (SSSR count). The average molecular weight is 322 g/mol. The van der Waals surface area contributed by atoms with E-state index in [1.54, 1.807) is 4.52 Å². The lowest BCUT2D eigenvalue weighted by atomic mass is 10.2. The summed E-state index contributed by atoms with van der Waals surface area (Å²) in [5.41, 5.74) is 2.81. The third-order valence-corrected chi connectivity index (χ3v) is 4.29. The Morgan fingerprint density at radius 3 is 2.67 bits per heavy atom. The van der Waals surface area contributed by atoms with Crippen molar-refractivity contribution in [1.82, 2.24) is 19.8 Å². The fourth-order valence-corrected chi connectivity index (χ4v) is 2.95. The van der Waals surface area contributed by atoms with E-state index in [0.29, 0.717) is 23.8 Å². The highest BCUT2D eigenvalue weighted by Gasteiger charge is 2.32. The first kappa shape index (κ1) is 14.6. The van der Waals surface area contributed by atoms with Gasteiger partial charge in [-0.2, -0.15) is 4.52 Å². The van der Waals surface area contributed by atoms with Crippen molar-refractivity contribution in [3.05, 3.63) is 47.8 Å². The van der Waals surface area contributed by atoms with Crippen molar-refractivity contribution < 1.29 is 4.79 Å². The summed E-state index contributed by atoms with van der Waals surface area (Å²) in [6.07, 6.45) is 0.744. The molecule has 7 heteroatoms. The van der Waals surface area contributed by atoms with E-state index in [9.17, 15) is 4.79 Å². The molecule has 0 saturated carbocycles. The van der Waals surface area contributed by atoms with Crippen molar-refractivity contribution in [3.8, 4) is 0 Å². The molecule has 0 bridgehead atoms. The maximum Gasteiger partial charge on any atom is 0.249 e. The number of anilines is 2. The SMILES string of the molecule is Cc1ccc(N2CCC(Nc3ccc4nnc(C)n4n3)C2=O)cc1. The van der Waals surface area contributed by atoms with Gasteiger partial charge in [0, 0.05) is 12.2 Å². The molecule has 7 nitrogen and oxygen atoms in total. The molecule has 0 aliphatic carbocycles. The minimum absolute atomic E-state index is 0.0706. The highest BCUT2D eigenvalue weighted by Crippen LogP contribution is 2.23. The number of carbonyl (C=O) groups excluding carboxylic acids is 1. The second-order valence-electron chi connectivity index (χ2n) is 6.05. The summed E-state index contributed by atoms with van der Waals surface area (Å²) in [5, 5.41) is 15.7. The number of nitrogens with one attached hydrogen (secondary N) is 1. The van der Waals surface area contributed by atoms with Crippen LogP contribution >= 0.6 is 0 Å². The number of hydrogen-bond donors (Lipinski definition) is 1. The van der Waals surface area contributed by atoms with E-state index >= 15 is 0 Å². The van der Waals surface area contributed by atoms with Gasteiger partial charge in [0.05, 0.1) is 0 Å². The van der Waals surface area contributed by atoms with Gasteiger partial charge >= 0.3 is 0 Å². The lowest BCUT2D eigenvalue weighted by molar-refractivity contribution is -0.117. The van der Waals surface area contributed by atoms with Crippen LogP contribution in [0.3, 0.4) is 0 Å². The van der Waals surface area contributed by atoms with Gasteiger partial charge in [-0.3, -0.25) is 4.79 Å². The number of aryl methyl sites for hydroxylation is 2. The van der Waals surface area contributed by atoms with Crippen molar-refractivity contribution in [3.63, 3.8) is 0 Å². The quantitative estimate of drug-likeness (QED) is 0.798. The Bertz CT molecular complexity index is 901. The molecule has 1 saturated heterocycles. The Labute approximate surface area is 139 Å². The maximum absolute atomic E-state index is 12.7. The second kappa shape index (κ2) is 5.59. The normalized spacial score (nSPS) is 17.7. The molecule has 24 heavy (non-hydrogen) atoms. The van der Waals surface area contributed by atoms with Crippen molar-refractivity contribution in [2.75, 3.05) is 16.8 Å². The first-order valence-electron chi connectivity index (χ1n) is 7.95. The van der Waals surface area contributed by atoms with E-state index in [1.165, 1.54) is 5.56 Å². The number of benzene rings is 1. The molecule has 1 unspecified atom stereocenters. The predicted octanol–water partition coefficient (Wildman–Crippen LogP) is 1.96. The summed E-state index contributed by atoms with van der Waals surface area (Å²) in [4.78, 5) is 14.5. The zero-order valence-electron chi connectivity index (χ0n) is 13.6. The molecule has 1 amide bonds. The molecule has 3 aromatic rings. The monoisotopic (exact) mass is 322 g/mol. The van der Waals surface area contributed by atoms with Crippen LogP contribution < -0.4 is 10.2 Å². The third kappa shape index (κ3) is 2.47. The van der Waals surface area contributed by atoms with Gasteiger partial charge in [-0.1, -0.05) is 17.7 Å². The Hall–Kier alpha value is -2.96. The number of hydrogen-bond acceptors (Lipinski definition) is 5. The molecule has 1 aliphatic rings. The summed E-state index contributed by atoms with van der Waals surface area (Å²) in [5.74, 6) is 1.43. The molecule has 2 aromatic heterocycles. The standard InChI is InChI=1S/C17H18N6O/c1-11-3-5-13(6-4-11)22-10-9-14(17(22)24)18-15-7-8-16-20-19-12(2)23(16)21-15/h3-8,14H,9-10H2,1-2H3,(H,18,21). The number of amides is 1. The molecule has 3 heterocycles. The van der Waals surface area contributed by atoms with Gasteiger partial charge in [-0.15, -0.1) is 15.3 Å². The van der Waals surface area contributed by atoms with Crippen molar-refractivity contribution in [2.24, 2.45) is 0 Å². The van der Waals surface area contributed by atoms with Crippen LogP contribution in [0.5, 0.6) is 0 Å². The molecule has 122 valence electrons. The van der Waals surface area contributed by atoms with Crippen LogP contribution in [0, 0.1) is 13.8 Å². The number of nitrogens with zero attached hydrogens (tertiary/aromatic N) is 5. The summed E-state index contributed by atoms with van der Waals surface area (Å²) in [6, 6.07) is 11.4. The van der Waals surface area contributed by atoms with E-state index < -0.39 is 0 Å². The van der Waals surface area contributed by atoms with E-state index in [4.69, 9.17) is 0 Å². The smallest absolute Gasteiger partial charge is 0.249 e. The Kier molecular flexibility index (Phi) is 3.41. The lowest BCUT2D eigenvalue weighted by Gasteiger charge is -2.17.